The average Bonchev–Trinajstić information content (AvgIpc) is 2.73. The van der Waals surface area contributed by atoms with E-state index in [4.69, 9.17) is 4.74 Å². The van der Waals surface area contributed by atoms with E-state index in [0.717, 1.165) is 0 Å². The number of carbonyl (C=O) groups is 1. The first-order valence-corrected chi connectivity index (χ1v) is 7.48. The van der Waals surface area contributed by atoms with Gasteiger partial charge in [0.05, 0.1) is 18.2 Å². The van der Waals surface area contributed by atoms with Crippen LogP contribution in [0, 0.1) is 0 Å². The Hall–Kier alpha value is -1.39. The van der Waals surface area contributed by atoms with Crippen LogP contribution in [0.25, 0.3) is 0 Å². The predicted octanol–water partition coefficient (Wildman–Crippen LogP) is 2.81. The van der Waals surface area contributed by atoms with Crippen LogP contribution in [0.5, 0.6) is 0 Å². The Bertz CT molecular complexity index is 495. The lowest BCUT2D eigenvalue weighted by Gasteiger charge is -2.37. The molecule has 0 aliphatic carbocycles. The van der Waals surface area contributed by atoms with Gasteiger partial charge >= 0.3 is 0 Å². The maximum Gasteiger partial charge on any atom is 0.256 e. The van der Waals surface area contributed by atoms with E-state index in [1.807, 2.05) is 49.1 Å². The Labute approximate surface area is 126 Å². The number of amides is 1. The fourth-order valence-electron chi connectivity index (χ4n) is 2.78. The van der Waals surface area contributed by atoms with E-state index in [9.17, 15) is 9.90 Å². The van der Waals surface area contributed by atoms with Crippen LogP contribution in [0.1, 0.15) is 50.9 Å². The summed E-state index contributed by atoms with van der Waals surface area (Å²) in [6, 6.07) is 9.30. The molecule has 0 radical (unpaired) electrons. The molecule has 1 heterocycles. The molecule has 1 aromatic rings. The normalized spacial score (nSPS) is 26.1. The average molecular weight is 291 g/mol. The highest BCUT2D eigenvalue weighted by molar-refractivity contribution is 5.95. The topological polar surface area (TPSA) is 49.8 Å². The summed E-state index contributed by atoms with van der Waals surface area (Å²) in [7, 11) is 0. The fourth-order valence-corrected chi connectivity index (χ4v) is 2.78. The molecule has 1 N–H and O–H groups in total. The van der Waals surface area contributed by atoms with Gasteiger partial charge in [-0.25, -0.2) is 0 Å². The van der Waals surface area contributed by atoms with Crippen molar-refractivity contribution in [2.24, 2.45) is 0 Å². The minimum absolute atomic E-state index is 0.0150. The van der Waals surface area contributed by atoms with Gasteiger partial charge in [-0.1, -0.05) is 18.2 Å². The van der Waals surface area contributed by atoms with Gasteiger partial charge in [-0.3, -0.25) is 4.79 Å². The molecular formula is C17H25NO3. The fraction of sp³-hybridized carbons (Fsp3) is 0.588. The van der Waals surface area contributed by atoms with Crippen molar-refractivity contribution in [1.29, 1.82) is 0 Å². The zero-order valence-electron chi connectivity index (χ0n) is 13.3. The zero-order chi connectivity index (χ0) is 15.7. The molecule has 1 saturated heterocycles. The van der Waals surface area contributed by atoms with Crippen molar-refractivity contribution in [1.82, 2.24) is 4.90 Å². The van der Waals surface area contributed by atoms with Gasteiger partial charge in [-0.05, 0) is 52.7 Å². The van der Waals surface area contributed by atoms with Crippen molar-refractivity contribution >= 4 is 5.91 Å². The number of rotatable bonds is 4. The van der Waals surface area contributed by atoms with Gasteiger partial charge in [0.15, 0.2) is 0 Å². The van der Waals surface area contributed by atoms with Gasteiger partial charge < -0.3 is 14.7 Å². The van der Waals surface area contributed by atoms with Crippen molar-refractivity contribution in [3.05, 3.63) is 35.9 Å². The summed E-state index contributed by atoms with van der Waals surface area (Å²) in [5.74, 6) is -0.0150. The molecule has 0 aromatic heterocycles. The highest BCUT2D eigenvalue weighted by Crippen LogP contribution is 2.34. The Balaban J connectivity index is 2.20. The highest BCUT2D eigenvalue weighted by Gasteiger charge is 2.45. The van der Waals surface area contributed by atoms with E-state index in [-0.39, 0.29) is 11.9 Å². The number of carbonyl (C=O) groups excluding carboxylic acids is 1. The summed E-state index contributed by atoms with van der Waals surface area (Å²) in [6.07, 6.45) is 1.19. The quantitative estimate of drug-likeness (QED) is 0.928. The molecule has 2 rings (SSSR count). The monoisotopic (exact) mass is 291 g/mol. The number of ether oxygens (including phenoxy) is 1. The second-order valence-electron chi connectivity index (χ2n) is 6.69. The molecule has 4 heteroatoms. The van der Waals surface area contributed by atoms with Gasteiger partial charge in [0.25, 0.3) is 5.91 Å². The number of aliphatic hydroxyl groups is 1. The molecule has 0 saturated carbocycles. The molecule has 2 unspecified atom stereocenters. The Morgan fingerprint density at radius 2 is 2.05 bits per heavy atom. The van der Waals surface area contributed by atoms with Crippen LogP contribution in [0.15, 0.2) is 30.3 Å². The van der Waals surface area contributed by atoms with Crippen LogP contribution >= 0.6 is 0 Å². The van der Waals surface area contributed by atoms with E-state index < -0.39 is 11.3 Å². The predicted molar refractivity (Wildman–Crippen MR) is 82.0 cm³/mol. The van der Waals surface area contributed by atoms with Crippen molar-refractivity contribution in [3.8, 4) is 0 Å². The molecule has 21 heavy (non-hydrogen) atoms. The summed E-state index contributed by atoms with van der Waals surface area (Å²) >= 11 is 0. The summed E-state index contributed by atoms with van der Waals surface area (Å²) < 4.78 is 5.90. The second-order valence-corrected chi connectivity index (χ2v) is 6.69. The van der Waals surface area contributed by atoms with Crippen molar-refractivity contribution < 1.29 is 14.6 Å². The minimum Gasteiger partial charge on any atom is -0.390 e. The molecule has 2 atom stereocenters. The standard InChI is InChI=1S/C17H25NO3/c1-13-12-21-17(4,11-10-16(2,3)20)18(13)15(19)14-8-6-5-7-9-14/h5-9,13,20H,10-12H2,1-4H3. The smallest absolute Gasteiger partial charge is 0.256 e. The van der Waals surface area contributed by atoms with Crippen molar-refractivity contribution in [2.75, 3.05) is 6.61 Å². The maximum absolute atomic E-state index is 12.8. The third-order valence-electron chi connectivity index (χ3n) is 4.03. The van der Waals surface area contributed by atoms with Crippen molar-refractivity contribution in [3.63, 3.8) is 0 Å². The lowest BCUT2D eigenvalue weighted by Crippen LogP contribution is -2.49. The van der Waals surface area contributed by atoms with Crippen LogP contribution in [0.2, 0.25) is 0 Å². The summed E-state index contributed by atoms with van der Waals surface area (Å²) in [5, 5.41) is 9.94. The van der Waals surface area contributed by atoms with E-state index in [1.54, 1.807) is 13.8 Å². The Morgan fingerprint density at radius 1 is 1.43 bits per heavy atom. The second kappa shape index (κ2) is 5.78. The molecule has 1 fully saturated rings. The van der Waals surface area contributed by atoms with Gasteiger partial charge in [-0.2, -0.15) is 0 Å². The Kier molecular flexibility index (Phi) is 4.40. The van der Waals surface area contributed by atoms with Crippen LogP contribution in [0.4, 0.5) is 0 Å². The molecule has 1 aliphatic heterocycles. The summed E-state index contributed by atoms with van der Waals surface area (Å²) in [5.41, 5.74) is -0.754. The van der Waals surface area contributed by atoms with E-state index in [0.29, 0.717) is 25.0 Å². The molecule has 0 spiro atoms. The molecule has 1 aliphatic rings. The van der Waals surface area contributed by atoms with E-state index in [2.05, 4.69) is 0 Å². The molecule has 116 valence electrons. The van der Waals surface area contributed by atoms with Gasteiger partial charge in [0.2, 0.25) is 0 Å². The first-order valence-electron chi connectivity index (χ1n) is 7.48. The molecule has 0 bridgehead atoms. The third kappa shape index (κ3) is 3.63. The summed E-state index contributed by atoms with van der Waals surface area (Å²) in [4.78, 5) is 14.6. The zero-order valence-corrected chi connectivity index (χ0v) is 13.3. The largest absolute Gasteiger partial charge is 0.390 e. The molecule has 1 aromatic carbocycles. The maximum atomic E-state index is 12.8. The van der Waals surface area contributed by atoms with Gasteiger partial charge in [0, 0.05) is 5.56 Å². The van der Waals surface area contributed by atoms with Crippen LogP contribution < -0.4 is 0 Å². The number of hydrogen-bond donors (Lipinski definition) is 1. The first-order chi connectivity index (χ1) is 9.73. The van der Waals surface area contributed by atoms with Crippen LogP contribution in [0.3, 0.4) is 0 Å². The van der Waals surface area contributed by atoms with E-state index >= 15 is 0 Å². The molecule has 4 nitrogen and oxygen atoms in total. The first kappa shape index (κ1) is 16.0. The molecular weight excluding hydrogens is 266 g/mol. The highest BCUT2D eigenvalue weighted by atomic mass is 16.5. The lowest BCUT2D eigenvalue weighted by molar-refractivity contribution is -0.0748. The molecule has 1 amide bonds. The van der Waals surface area contributed by atoms with Crippen molar-refractivity contribution in [2.45, 2.75) is 57.9 Å². The van der Waals surface area contributed by atoms with Crippen LogP contribution in [-0.2, 0) is 4.74 Å². The van der Waals surface area contributed by atoms with Gasteiger partial charge in [-0.15, -0.1) is 0 Å². The number of nitrogens with zero attached hydrogens (tertiary/aromatic N) is 1. The number of hydrogen-bond acceptors (Lipinski definition) is 3. The van der Waals surface area contributed by atoms with Gasteiger partial charge in [0.1, 0.15) is 5.72 Å². The third-order valence-corrected chi connectivity index (χ3v) is 4.03. The van der Waals surface area contributed by atoms with Crippen LogP contribution in [-0.4, -0.2) is 39.9 Å². The lowest BCUT2D eigenvalue weighted by atomic mass is 9.96. The minimum atomic E-state index is -0.764. The van der Waals surface area contributed by atoms with E-state index in [1.165, 1.54) is 0 Å². The number of benzene rings is 1. The Morgan fingerprint density at radius 3 is 2.62 bits per heavy atom. The SMILES string of the molecule is CC1COC(C)(CCC(C)(C)O)N1C(=O)c1ccccc1. The summed E-state index contributed by atoms with van der Waals surface area (Å²) in [6.45, 7) is 8.01.